The molecule has 0 aliphatic carbocycles. The maximum Gasteiger partial charge on any atom is 0.303 e. The van der Waals surface area contributed by atoms with Crippen LogP contribution in [0.1, 0.15) is 12.8 Å². The third-order valence-electron chi connectivity index (χ3n) is 2.75. The van der Waals surface area contributed by atoms with E-state index in [1.54, 1.807) is 0 Å². The molecule has 112 valence electrons. The molecule has 0 saturated heterocycles. The van der Waals surface area contributed by atoms with Gasteiger partial charge in [-0.05, 0) is 36.4 Å². The molecule has 0 bridgehead atoms. The normalized spacial score (nSPS) is 10.5. The average molecular weight is 313 g/mol. The van der Waals surface area contributed by atoms with E-state index in [4.69, 9.17) is 17.3 Å². The Kier molecular flexibility index (Phi) is 5.73. The van der Waals surface area contributed by atoms with Crippen molar-refractivity contribution < 1.29 is 9.90 Å². The monoisotopic (exact) mass is 313 g/mol. The van der Waals surface area contributed by atoms with Crippen LogP contribution in [0.3, 0.4) is 0 Å². The van der Waals surface area contributed by atoms with Gasteiger partial charge in [-0.3, -0.25) is 4.79 Å². The third-order valence-corrected chi connectivity index (χ3v) is 3.06. The molecule has 0 fully saturated rings. The van der Waals surface area contributed by atoms with Crippen molar-refractivity contribution in [2.45, 2.75) is 12.8 Å². The highest BCUT2D eigenvalue weighted by Crippen LogP contribution is 2.20. The highest BCUT2D eigenvalue weighted by atomic mass is 32.1. The Hall–Kier alpha value is -2.60. The molecule has 2 aromatic rings. The SMILES string of the molecule is O=C(O)CCC(=S)Nc1ccc(N=Nc2ccccc2)cc1. The van der Waals surface area contributed by atoms with Gasteiger partial charge in [0, 0.05) is 12.1 Å². The van der Waals surface area contributed by atoms with Gasteiger partial charge < -0.3 is 10.4 Å². The maximum atomic E-state index is 10.5. The molecule has 2 rings (SSSR count). The number of hydrogen-bond donors (Lipinski definition) is 2. The van der Waals surface area contributed by atoms with Crippen LogP contribution in [0.5, 0.6) is 0 Å². The van der Waals surface area contributed by atoms with E-state index < -0.39 is 5.97 Å². The van der Waals surface area contributed by atoms with Gasteiger partial charge in [0.15, 0.2) is 0 Å². The molecule has 0 amide bonds. The van der Waals surface area contributed by atoms with Crippen molar-refractivity contribution in [3.63, 3.8) is 0 Å². The van der Waals surface area contributed by atoms with Gasteiger partial charge in [0.25, 0.3) is 0 Å². The van der Waals surface area contributed by atoms with Crippen LogP contribution in [-0.4, -0.2) is 16.1 Å². The summed E-state index contributed by atoms with van der Waals surface area (Å²) in [5.41, 5.74) is 2.32. The second-order valence-electron chi connectivity index (χ2n) is 4.52. The molecule has 0 aromatic heterocycles. The first-order chi connectivity index (χ1) is 10.6. The van der Waals surface area contributed by atoms with Crippen molar-refractivity contribution in [3.05, 3.63) is 54.6 Å². The lowest BCUT2D eigenvalue weighted by Crippen LogP contribution is -2.10. The second kappa shape index (κ2) is 7.99. The Labute approximate surface area is 133 Å². The minimum Gasteiger partial charge on any atom is -0.481 e. The average Bonchev–Trinajstić information content (AvgIpc) is 2.53. The molecule has 0 aliphatic rings. The number of benzene rings is 2. The fourth-order valence-electron chi connectivity index (χ4n) is 1.67. The Bertz CT molecular complexity index is 670. The minimum absolute atomic E-state index is 0.0230. The van der Waals surface area contributed by atoms with Gasteiger partial charge in [-0.15, -0.1) is 0 Å². The maximum absolute atomic E-state index is 10.5. The fourth-order valence-corrected chi connectivity index (χ4v) is 1.89. The van der Waals surface area contributed by atoms with Crippen LogP contribution in [0.2, 0.25) is 0 Å². The van der Waals surface area contributed by atoms with E-state index in [2.05, 4.69) is 15.5 Å². The van der Waals surface area contributed by atoms with Crippen molar-refractivity contribution in [3.8, 4) is 0 Å². The van der Waals surface area contributed by atoms with Crippen molar-refractivity contribution in [2.24, 2.45) is 10.2 Å². The van der Waals surface area contributed by atoms with E-state index >= 15 is 0 Å². The zero-order chi connectivity index (χ0) is 15.8. The number of rotatable bonds is 6. The number of carboxylic acid groups (broad SMARTS) is 1. The minimum atomic E-state index is -0.860. The summed E-state index contributed by atoms with van der Waals surface area (Å²) in [6.45, 7) is 0. The van der Waals surface area contributed by atoms with E-state index in [0.29, 0.717) is 11.4 Å². The van der Waals surface area contributed by atoms with Crippen LogP contribution in [0, 0.1) is 0 Å². The lowest BCUT2D eigenvalue weighted by atomic mass is 10.2. The summed E-state index contributed by atoms with van der Waals surface area (Å²) in [4.78, 5) is 11.0. The third kappa shape index (κ3) is 5.41. The summed E-state index contributed by atoms with van der Waals surface area (Å²) in [5, 5.41) is 19.9. The molecule has 0 atom stereocenters. The number of nitrogens with zero attached hydrogens (tertiary/aromatic N) is 2. The van der Waals surface area contributed by atoms with Gasteiger partial charge >= 0.3 is 5.97 Å². The molecule has 0 heterocycles. The predicted molar refractivity (Wildman–Crippen MR) is 90.2 cm³/mol. The molecule has 0 spiro atoms. The number of nitrogens with one attached hydrogen (secondary N) is 1. The molecule has 5 nitrogen and oxygen atoms in total. The lowest BCUT2D eigenvalue weighted by molar-refractivity contribution is -0.136. The first kappa shape index (κ1) is 15.8. The van der Waals surface area contributed by atoms with E-state index in [0.717, 1.165) is 17.1 Å². The summed E-state index contributed by atoms with van der Waals surface area (Å²) in [6, 6.07) is 16.8. The molecule has 6 heteroatoms. The first-order valence-corrected chi connectivity index (χ1v) is 7.13. The van der Waals surface area contributed by atoms with E-state index in [9.17, 15) is 4.79 Å². The van der Waals surface area contributed by atoms with Gasteiger partial charge in [0.1, 0.15) is 0 Å². The van der Waals surface area contributed by atoms with Crippen LogP contribution in [0.4, 0.5) is 17.1 Å². The Morgan fingerprint density at radius 1 is 0.955 bits per heavy atom. The van der Waals surface area contributed by atoms with Crippen molar-refractivity contribution in [1.82, 2.24) is 0 Å². The summed E-state index contributed by atoms with van der Waals surface area (Å²) in [7, 11) is 0. The molecule has 0 radical (unpaired) electrons. The molecule has 2 aromatic carbocycles. The fraction of sp³-hybridized carbons (Fsp3) is 0.125. The van der Waals surface area contributed by atoms with E-state index in [1.165, 1.54) is 0 Å². The molecular formula is C16H15N3O2S. The number of carboxylic acids is 1. The van der Waals surface area contributed by atoms with Crippen LogP contribution in [0.15, 0.2) is 64.8 Å². The predicted octanol–water partition coefficient (Wildman–Crippen LogP) is 4.71. The number of azo groups is 1. The van der Waals surface area contributed by atoms with Crippen molar-refractivity contribution >= 4 is 40.2 Å². The zero-order valence-electron chi connectivity index (χ0n) is 11.8. The van der Waals surface area contributed by atoms with Crippen LogP contribution in [-0.2, 0) is 4.79 Å². The van der Waals surface area contributed by atoms with Gasteiger partial charge in [-0.25, -0.2) is 0 Å². The standard InChI is InChI=1S/C16H15N3O2S/c20-16(21)11-10-15(22)17-12-6-8-14(9-7-12)19-18-13-4-2-1-3-5-13/h1-9H,10-11H2,(H,17,22)(H,20,21). The number of hydrogen-bond acceptors (Lipinski definition) is 4. The second-order valence-corrected chi connectivity index (χ2v) is 5.02. The van der Waals surface area contributed by atoms with Gasteiger partial charge in [0.05, 0.1) is 22.8 Å². The quantitative estimate of drug-likeness (QED) is 0.598. The van der Waals surface area contributed by atoms with Crippen molar-refractivity contribution in [2.75, 3.05) is 5.32 Å². The van der Waals surface area contributed by atoms with Crippen LogP contribution >= 0.6 is 12.2 Å². The number of carbonyl (C=O) groups is 1. The van der Waals surface area contributed by atoms with E-state index in [1.807, 2.05) is 54.6 Å². The molecular weight excluding hydrogens is 298 g/mol. The summed E-state index contributed by atoms with van der Waals surface area (Å²) < 4.78 is 0. The van der Waals surface area contributed by atoms with Crippen molar-refractivity contribution in [1.29, 1.82) is 0 Å². The van der Waals surface area contributed by atoms with Gasteiger partial charge in [-0.1, -0.05) is 30.4 Å². The largest absolute Gasteiger partial charge is 0.481 e. The highest BCUT2D eigenvalue weighted by molar-refractivity contribution is 7.80. The molecule has 0 saturated carbocycles. The number of anilines is 1. The molecule has 0 aliphatic heterocycles. The van der Waals surface area contributed by atoms with Gasteiger partial charge in [0.2, 0.25) is 0 Å². The Morgan fingerprint density at radius 2 is 1.55 bits per heavy atom. The topological polar surface area (TPSA) is 74.0 Å². The first-order valence-electron chi connectivity index (χ1n) is 6.72. The lowest BCUT2D eigenvalue weighted by Gasteiger charge is -2.06. The van der Waals surface area contributed by atoms with Crippen LogP contribution in [0.25, 0.3) is 0 Å². The molecule has 2 N–H and O–H groups in total. The van der Waals surface area contributed by atoms with Crippen LogP contribution < -0.4 is 5.32 Å². The molecule has 0 unspecified atom stereocenters. The molecule has 22 heavy (non-hydrogen) atoms. The zero-order valence-corrected chi connectivity index (χ0v) is 12.6. The number of aliphatic carboxylic acids is 1. The van der Waals surface area contributed by atoms with E-state index in [-0.39, 0.29) is 6.42 Å². The smallest absolute Gasteiger partial charge is 0.303 e. The highest BCUT2D eigenvalue weighted by Gasteiger charge is 2.02. The summed E-state index contributed by atoms with van der Waals surface area (Å²) in [6.07, 6.45) is 0.343. The van der Waals surface area contributed by atoms with Gasteiger partial charge in [-0.2, -0.15) is 10.2 Å². The summed E-state index contributed by atoms with van der Waals surface area (Å²) >= 11 is 5.09. The Balaban J connectivity index is 1.91. The number of thiocarbonyl (C=S) groups is 1. The Morgan fingerprint density at radius 3 is 2.14 bits per heavy atom. The summed E-state index contributed by atoms with van der Waals surface area (Å²) in [5.74, 6) is -0.860.